The standard InChI is InChI=1S/C25H26N2O5/c1-32-25(31)21-18(14-28)20-13-26-19(22(21)27(20)24(30)17-9-10-17)12-11-16(23(26)29)8-7-15-5-3-2-4-6-15/h2-8,11-12,17-18,20-22,28H,9-10,13-14H2,1H3/b8-7+/t18-,20-,21+,22+/m1/s1. The van der Waals surface area contributed by atoms with Gasteiger partial charge in [-0.25, -0.2) is 0 Å². The normalized spacial score (nSPS) is 26.2. The van der Waals surface area contributed by atoms with E-state index in [9.17, 15) is 19.5 Å². The van der Waals surface area contributed by atoms with Crippen LogP contribution in [0.4, 0.5) is 0 Å². The molecule has 166 valence electrons. The van der Waals surface area contributed by atoms with Crippen molar-refractivity contribution < 1.29 is 19.4 Å². The summed E-state index contributed by atoms with van der Waals surface area (Å²) < 4.78 is 6.72. The Morgan fingerprint density at radius 3 is 2.53 bits per heavy atom. The molecule has 1 saturated heterocycles. The van der Waals surface area contributed by atoms with Crippen molar-refractivity contribution in [3.63, 3.8) is 0 Å². The highest BCUT2D eigenvalue weighted by Crippen LogP contribution is 2.50. The topological polar surface area (TPSA) is 88.8 Å². The van der Waals surface area contributed by atoms with E-state index in [4.69, 9.17) is 4.74 Å². The maximum Gasteiger partial charge on any atom is 0.311 e. The minimum Gasteiger partial charge on any atom is -0.469 e. The molecule has 1 aromatic heterocycles. The molecule has 2 aromatic rings. The van der Waals surface area contributed by atoms with Crippen molar-refractivity contribution in [2.75, 3.05) is 13.7 Å². The van der Waals surface area contributed by atoms with Crippen LogP contribution in [0.5, 0.6) is 0 Å². The molecule has 2 fully saturated rings. The number of ether oxygens (including phenoxy) is 1. The number of nitrogens with zero attached hydrogens (tertiary/aromatic N) is 2. The summed E-state index contributed by atoms with van der Waals surface area (Å²) in [6, 6.07) is 12.3. The van der Waals surface area contributed by atoms with Gasteiger partial charge in [-0.2, -0.15) is 0 Å². The molecule has 32 heavy (non-hydrogen) atoms. The van der Waals surface area contributed by atoms with Crippen molar-refractivity contribution in [1.29, 1.82) is 0 Å². The minimum atomic E-state index is -0.698. The number of hydrogen-bond acceptors (Lipinski definition) is 5. The first kappa shape index (κ1) is 20.7. The third-order valence-corrected chi connectivity index (χ3v) is 6.98. The number of carbonyl (C=O) groups excluding carboxylic acids is 2. The number of fused-ring (bicyclic) bond motifs is 4. The van der Waals surface area contributed by atoms with Gasteiger partial charge in [0.2, 0.25) is 5.91 Å². The van der Waals surface area contributed by atoms with E-state index in [-0.39, 0.29) is 30.5 Å². The number of benzene rings is 1. The Morgan fingerprint density at radius 1 is 1.12 bits per heavy atom. The molecule has 3 heterocycles. The molecule has 0 spiro atoms. The zero-order valence-corrected chi connectivity index (χ0v) is 17.9. The summed E-state index contributed by atoms with van der Waals surface area (Å²) in [5, 5.41) is 10.2. The van der Waals surface area contributed by atoms with Gasteiger partial charge in [0, 0.05) is 36.2 Å². The lowest BCUT2D eigenvalue weighted by molar-refractivity contribution is -0.148. The lowest BCUT2D eigenvalue weighted by Crippen LogP contribution is -2.49. The van der Waals surface area contributed by atoms with Crippen LogP contribution in [-0.4, -0.2) is 46.2 Å². The smallest absolute Gasteiger partial charge is 0.311 e. The fraction of sp³-hybridized carbons (Fsp3) is 0.400. The molecule has 0 radical (unpaired) electrons. The molecule has 1 N–H and O–H groups in total. The third kappa shape index (κ3) is 3.28. The van der Waals surface area contributed by atoms with Crippen molar-refractivity contribution in [3.05, 3.63) is 69.6 Å². The Morgan fingerprint density at radius 2 is 1.88 bits per heavy atom. The van der Waals surface area contributed by atoms with Crippen LogP contribution < -0.4 is 5.56 Å². The van der Waals surface area contributed by atoms with Crippen LogP contribution in [0, 0.1) is 17.8 Å². The van der Waals surface area contributed by atoms with Crippen LogP contribution in [0.25, 0.3) is 12.2 Å². The molecular weight excluding hydrogens is 408 g/mol. The number of esters is 1. The highest BCUT2D eigenvalue weighted by molar-refractivity contribution is 5.85. The molecule has 1 saturated carbocycles. The van der Waals surface area contributed by atoms with Crippen molar-refractivity contribution >= 4 is 24.0 Å². The molecular formula is C25H26N2O5. The second-order valence-corrected chi connectivity index (χ2v) is 8.80. The SMILES string of the molecule is COC(=O)[C@H]1[C@H](CO)[C@H]2Cn3c(ccc(/C=C/c4ccccc4)c3=O)[C@@H]1N2C(=O)C1CC1. The first-order valence-electron chi connectivity index (χ1n) is 11.0. The fourth-order valence-corrected chi connectivity index (χ4v) is 5.25. The third-order valence-electron chi connectivity index (χ3n) is 6.98. The van der Waals surface area contributed by atoms with E-state index < -0.39 is 29.9 Å². The molecule has 1 aliphatic carbocycles. The van der Waals surface area contributed by atoms with Gasteiger partial charge in [0.1, 0.15) is 0 Å². The van der Waals surface area contributed by atoms with E-state index in [0.29, 0.717) is 11.3 Å². The van der Waals surface area contributed by atoms with Crippen LogP contribution in [0.3, 0.4) is 0 Å². The number of rotatable bonds is 5. The van der Waals surface area contributed by atoms with Gasteiger partial charge in [-0.1, -0.05) is 36.4 Å². The number of aliphatic hydroxyl groups excluding tert-OH is 1. The lowest BCUT2D eigenvalue weighted by Gasteiger charge is -2.38. The molecule has 7 heteroatoms. The Kier molecular flexibility index (Phi) is 5.21. The summed E-state index contributed by atoms with van der Waals surface area (Å²) in [6.07, 6.45) is 5.36. The summed E-state index contributed by atoms with van der Waals surface area (Å²) in [5.41, 5.74) is 1.99. The Labute approximate surface area is 185 Å². The van der Waals surface area contributed by atoms with Crippen molar-refractivity contribution in [2.24, 2.45) is 17.8 Å². The zero-order chi connectivity index (χ0) is 22.4. The fourth-order valence-electron chi connectivity index (χ4n) is 5.25. The Bertz CT molecular complexity index is 1130. The molecule has 1 amide bonds. The van der Waals surface area contributed by atoms with Gasteiger partial charge in [0.15, 0.2) is 0 Å². The van der Waals surface area contributed by atoms with Crippen LogP contribution >= 0.6 is 0 Å². The highest BCUT2D eigenvalue weighted by atomic mass is 16.5. The number of carbonyl (C=O) groups is 2. The zero-order valence-electron chi connectivity index (χ0n) is 17.9. The van der Waals surface area contributed by atoms with Gasteiger partial charge < -0.3 is 19.3 Å². The maximum absolute atomic E-state index is 13.3. The van der Waals surface area contributed by atoms with Crippen molar-refractivity contribution in [2.45, 2.75) is 31.5 Å². The Hall–Kier alpha value is -3.19. The highest BCUT2D eigenvalue weighted by Gasteiger charge is 2.59. The summed E-state index contributed by atoms with van der Waals surface area (Å²) in [4.78, 5) is 41.0. The summed E-state index contributed by atoms with van der Waals surface area (Å²) in [6.45, 7) is 0.00769. The van der Waals surface area contributed by atoms with E-state index in [1.807, 2.05) is 42.5 Å². The summed E-state index contributed by atoms with van der Waals surface area (Å²) in [5.74, 6) is -1.65. The van der Waals surface area contributed by atoms with Gasteiger partial charge in [-0.3, -0.25) is 14.4 Å². The van der Waals surface area contributed by atoms with Crippen LogP contribution in [0.2, 0.25) is 0 Å². The number of aromatic nitrogens is 1. The predicted molar refractivity (Wildman–Crippen MR) is 118 cm³/mol. The number of methoxy groups -OCH3 is 1. The van der Waals surface area contributed by atoms with Gasteiger partial charge in [-0.05, 0) is 36.6 Å². The molecule has 7 nitrogen and oxygen atoms in total. The van der Waals surface area contributed by atoms with Gasteiger partial charge in [0.25, 0.3) is 5.56 Å². The average Bonchev–Trinajstić information content (AvgIpc) is 3.63. The molecule has 4 atom stereocenters. The van der Waals surface area contributed by atoms with Gasteiger partial charge in [0.05, 0.1) is 25.1 Å². The molecule has 3 aliphatic rings. The van der Waals surface area contributed by atoms with Gasteiger partial charge in [-0.15, -0.1) is 0 Å². The quantitative estimate of drug-likeness (QED) is 0.728. The largest absolute Gasteiger partial charge is 0.469 e. The first-order chi connectivity index (χ1) is 15.5. The van der Waals surface area contributed by atoms with E-state index in [1.54, 1.807) is 21.6 Å². The number of aliphatic hydroxyl groups is 1. The lowest BCUT2D eigenvalue weighted by atomic mass is 9.87. The number of amides is 1. The molecule has 0 unspecified atom stereocenters. The molecule has 1 aromatic carbocycles. The van der Waals surface area contributed by atoms with E-state index in [0.717, 1.165) is 18.4 Å². The summed E-state index contributed by atoms with van der Waals surface area (Å²) >= 11 is 0. The molecule has 2 aliphatic heterocycles. The van der Waals surface area contributed by atoms with Crippen LogP contribution in [-0.2, 0) is 20.9 Å². The molecule has 5 rings (SSSR count). The Balaban J connectivity index is 1.58. The second kappa shape index (κ2) is 8.06. The summed E-state index contributed by atoms with van der Waals surface area (Å²) in [7, 11) is 1.32. The maximum atomic E-state index is 13.3. The molecule has 2 bridgehead atoms. The average molecular weight is 434 g/mol. The predicted octanol–water partition coefficient (Wildman–Crippen LogP) is 2.09. The van der Waals surface area contributed by atoms with E-state index in [1.165, 1.54) is 7.11 Å². The van der Waals surface area contributed by atoms with Crippen LogP contribution in [0.1, 0.15) is 35.7 Å². The van der Waals surface area contributed by atoms with E-state index in [2.05, 4.69) is 0 Å². The van der Waals surface area contributed by atoms with Gasteiger partial charge >= 0.3 is 5.97 Å². The van der Waals surface area contributed by atoms with Crippen LogP contribution in [0.15, 0.2) is 47.3 Å². The monoisotopic (exact) mass is 434 g/mol. The number of hydrogen-bond donors (Lipinski definition) is 1. The number of pyridine rings is 1. The van der Waals surface area contributed by atoms with Crippen molar-refractivity contribution in [1.82, 2.24) is 9.47 Å². The second-order valence-electron chi connectivity index (χ2n) is 8.80. The minimum absolute atomic E-state index is 0.0107. The first-order valence-corrected chi connectivity index (χ1v) is 11.0. The van der Waals surface area contributed by atoms with E-state index >= 15 is 0 Å². The van der Waals surface area contributed by atoms with Crippen molar-refractivity contribution in [3.8, 4) is 0 Å².